The van der Waals surface area contributed by atoms with Gasteiger partial charge in [0.2, 0.25) is 0 Å². The molecule has 0 amide bonds. The molecular weight excluding hydrogens is 325 g/mol. The Labute approximate surface area is 117 Å². The van der Waals surface area contributed by atoms with Gasteiger partial charge in [-0.05, 0) is 36.5 Å². The van der Waals surface area contributed by atoms with Gasteiger partial charge in [0, 0.05) is 4.47 Å². The number of benzene rings is 1. The third-order valence-corrected chi connectivity index (χ3v) is 3.90. The Hall–Kier alpha value is -1.04. The molecule has 0 N–H and O–H groups in total. The molecule has 2 rings (SSSR count). The van der Waals surface area contributed by atoms with Crippen LogP contribution in [0.25, 0.3) is 0 Å². The van der Waals surface area contributed by atoms with E-state index in [1.54, 1.807) is 0 Å². The summed E-state index contributed by atoms with van der Waals surface area (Å²) in [6, 6.07) is 3.36. The predicted molar refractivity (Wildman–Crippen MR) is 66.6 cm³/mol. The highest BCUT2D eigenvalue weighted by Gasteiger charge is 2.40. The molecule has 0 heterocycles. The van der Waals surface area contributed by atoms with Crippen molar-refractivity contribution < 1.29 is 22.7 Å². The van der Waals surface area contributed by atoms with Crippen molar-refractivity contribution in [2.75, 3.05) is 7.11 Å². The van der Waals surface area contributed by atoms with Crippen LogP contribution in [0.4, 0.5) is 13.2 Å². The third-order valence-electron chi connectivity index (χ3n) is 3.21. The second-order valence-corrected chi connectivity index (χ2v) is 5.43. The quantitative estimate of drug-likeness (QED) is 0.775. The van der Waals surface area contributed by atoms with E-state index < -0.39 is 23.6 Å². The van der Waals surface area contributed by atoms with Gasteiger partial charge < -0.3 is 4.74 Å². The van der Waals surface area contributed by atoms with E-state index in [0.29, 0.717) is 10.0 Å². The summed E-state index contributed by atoms with van der Waals surface area (Å²) in [5.74, 6) is -0.717. The molecule has 1 aromatic carbocycles. The first kappa shape index (κ1) is 14.4. The molecule has 1 aromatic rings. The average molecular weight is 337 g/mol. The van der Waals surface area contributed by atoms with Crippen molar-refractivity contribution in [2.24, 2.45) is 5.92 Å². The normalized spacial score (nSPS) is 17.1. The lowest BCUT2D eigenvalue weighted by molar-refractivity contribution is -0.143. The maximum Gasteiger partial charge on any atom is 0.416 e. The van der Waals surface area contributed by atoms with Gasteiger partial charge in [-0.2, -0.15) is 13.2 Å². The Morgan fingerprint density at radius 2 is 2.05 bits per heavy atom. The van der Waals surface area contributed by atoms with Crippen LogP contribution in [0.3, 0.4) is 0 Å². The molecule has 0 spiro atoms. The van der Waals surface area contributed by atoms with Crippen LogP contribution in [-0.4, -0.2) is 13.1 Å². The Morgan fingerprint density at radius 3 is 2.47 bits per heavy atom. The van der Waals surface area contributed by atoms with Gasteiger partial charge in [0.05, 0.1) is 18.6 Å². The van der Waals surface area contributed by atoms with Crippen molar-refractivity contribution in [3.63, 3.8) is 0 Å². The van der Waals surface area contributed by atoms with Crippen LogP contribution < -0.4 is 0 Å². The largest absolute Gasteiger partial charge is 0.469 e. The number of methoxy groups -OCH3 is 1. The van der Waals surface area contributed by atoms with Crippen LogP contribution >= 0.6 is 15.9 Å². The lowest BCUT2D eigenvalue weighted by Gasteiger charge is -2.17. The van der Waals surface area contributed by atoms with Gasteiger partial charge in [0.25, 0.3) is 0 Å². The van der Waals surface area contributed by atoms with E-state index in [0.717, 1.165) is 25.0 Å². The molecule has 1 unspecified atom stereocenters. The maximum atomic E-state index is 12.6. The second kappa shape index (κ2) is 5.15. The lowest BCUT2D eigenvalue weighted by atomic mass is 9.93. The SMILES string of the molecule is COC(=O)C(c1ccc(C(F)(F)F)cc1Br)C1CC1. The van der Waals surface area contributed by atoms with Gasteiger partial charge >= 0.3 is 12.1 Å². The summed E-state index contributed by atoms with van der Waals surface area (Å²) in [4.78, 5) is 11.8. The van der Waals surface area contributed by atoms with E-state index in [-0.39, 0.29) is 5.92 Å². The molecule has 0 bridgehead atoms. The van der Waals surface area contributed by atoms with Crippen molar-refractivity contribution in [3.8, 4) is 0 Å². The molecule has 6 heteroatoms. The lowest BCUT2D eigenvalue weighted by Crippen LogP contribution is -2.17. The number of esters is 1. The van der Waals surface area contributed by atoms with Crippen LogP contribution in [0, 0.1) is 5.92 Å². The Balaban J connectivity index is 2.36. The molecular formula is C13H12BrF3O2. The molecule has 0 radical (unpaired) electrons. The van der Waals surface area contributed by atoms with E-state index in [1.807, 2.05) is 0 Å². The summed E-state index contributed by atoms with van der Waals surface area (Å²) in [6.07, 6.45) is -2.60. The van der Waals surface area contributed by atoms with E-state index in [1.165, 1.54) is 13.2 Å². The number of hydrogen-bond donors (Lipinski definition) is 0. The number of alkyl halides is 3. The molecule has 19 heavy (non-hydrogen) atoms. The van der Waals surface area contributed by atoms with E-state index in [2.05, 4.69) is 15.9 Å². The first-order chi connectivity index (χ1) is 8.84. The molecule has 0 saturated heterocycles. The zero-order valence-electron chi connectivity index (χ0n) is 10.1. The minimum atomic E-state index is -4.39. The Kier molecular flexibility index (Phi) is 3.90. The summed E-state index contributed by atoms with van der Waals surface area (Å²) < 4.78 is 42.8. The van der Waals surface area contributed by atoms with Crippen molar-refractivity contribution in [3.05, 3.63) is 33.8 Å². The molecule has 1 atom stereocenters. The fourth-order valence-electron chi connectivity index (χ4n) is 2.09. The van der Waals surface area contributed by atoms with E-state index >= 15 is 0 Å². The number of rotatable bonds is 3. The van der Waals surface area contributed by atoms with Crippen molar-refractivity contribution in [2.45, 2.75) is 24.9 Å². The van der Waals surface area contributed by atoms with Gasteiger partial charge in [-0.15, -0.1) is 0 Å². The predicted octanol–water partition coefficient (Wildman–Crippen LogP) is 4.13. The minimum absolute atomic E-state index is 0.167. The number of carbonyl (C=O) groups is 1. The Morgan fingerprint density at radius 1 is 1.42 bits per heavy atom. The van der Waals surface area contributed by atoms with Gasteiger partial charge in [0.1, 0.15) is 0 Å². The van der Waals surface area contributed by atoms with Crippen LogP contribution in [0.15, 0.2) is 22.7 Å². The summed E-state index contributed by atoms with van der Waals surface area (Å²) in [6.45, 7) is 0. The van der Waals surface area contributed by atoms with Crippen LogP contribution in [-0.2, 0) is 15.7 Å². The topological polar surface area (TPSA) is 26.3 Å². The molecule has 1 fully saturated rings. The molecule has 1 aliphatic carbocycles. The number of carbonyl (C=O) groups excluding carboxylic acids is 1. The van der Waals surface area contributed by atoms with Gasteiger partial charge in [-0.25, -0.2) is 0 Å². The average Bonchev–Trinajstić information content (AvgIpc) is 3.14. The molecule has 104 valence electrons. The molecule has 1 saturated carbocycles. The minimum Gasteiger partial charge on any atom is -0.469 e. The molecule has 0 aromatic heterocycles. The summed E-state index contributed by atoms with van der Waals surface area (Å²) in [5, 5.41) is 0. The van der Waals surface area contributed by atoms with Crippen molar-refractivity contribution in [1.29, 1.82) is 0 Å². The third kappa shape index (κ3) is 3.11. The molecule has 1 aliphatic rings. The fraction of sp³-hybridized carbons (Fsp3) is 0.462. The monoisotopic (exact) mass is 336 g/mol. The fourth-order valence-corrected chi connectivity index (χ4v) is 2.71. The van der Waals surface area contributed by atoms with Gasteiger partial charge in [0.15, 0.2) is 0 Å². The molecule has 0 aliphatic heterocycles. The van der Waals surface area contributed by atoms with Crippen LogP contribution in [0.2, 0.25) is 0 Å². The van der Waals surface area contributed by atoms with Gasteiger partial charge in [-0.1, -0.05) is 22.0 Å². The summed E-state index contributed by atoms with van der Waals surface area (Å²) in [7, 11) is 1.29. The highest BCUT2D eigenvalue weighted by atomic mass is 79.9. The zero-order chi connectivity index (χ0) is 14.2. The first-order valence-corrected chi connectivity index (χ1v) is 6.58. The van der Waals surface area contributed by atoms with Crippen molar-refractivity contribution >= 4 is 21.9 Å². The summed E-state index contributed by atoms with van der Waals surface area (Å²) in [5.41, 5.74) is -0.176. The van der Waals surface area contributed by atoms with Crippen LogP contribution in [0.1, 0.15) is 29.9 Å². The standard InChI is InChI=1S/C13H12BrF3O2/c1-19-12(18)11(7-2-3-7)9-5-4-8(6-10(9)14)13(15,16)17/h4-7,11H,2-3H2,1H3. The number of ether oxygens (including phenoxy) is 1. The zero-order valence-corrected chi connectivity index (χ0v) is 11.7. The second-order valence-electron chi connectivity index (χ2n) is 4.57. The number of hydrogen-bond acceptors (Lipinski definition) is 2. The number of halogens is 4. The van der Waals surface area contributed by atoms with Crippen molar-refractivity contribution in [1.82, 2.24) is 0 Å². The Bertz CT molecular complexity index is 495. The summed E-state index contributed by atoms with van der Waals surface area (Å²) >= 11 is 3.13. The van der Waals surface area contributed by atoms with E-state index in [4.69, 9.17) is 4.74 Å². The first-order valence-electron chi connectivity index (χ1n) is 5.79. The van der Waals surface area contributed by atoms with Gasteiger partial charge in [-0.3, -0.25) is 4.79 Å². The van der Waals surface area contributed by atoms with Crippen LogP contribution in [0.5, 0.6) is 0 Å². The smallest absolute Gasteiger partial charge is 0.416 e. The highest BCUT2D eigenvalue weighted by molar-refractivity contribution is 9.10. The maximum absolute atomic E-state index is 12.6. The molecule has 2 nitrogen and oxygen atoms in total. The van der Waals surface area contributed by atoms with E-state index in [9.17, 15) is 18.0 Å². The highest BCUT2D eigenvalue weighted by Crippen LogP contribution is 2.46.